The van der Waals surface area contributed by atoms with E-state index in [4.69, 9.17) is 10.5 Å². The lowest BCUT2D eigenvalue weighted by Crippen LogP contribution is -2.28. The van der Waals surface area contributed by atoms with Crippen LogP contribution in [0.15, 0.2) is 24.3 Å². The van der Waals surface area contributed by atoms with E-state index >= 15 is 0 Å². The maximum atomic E-state index is 11.9. The highest BCUT2D eigenvalue weighted by atomic mass is 16.5. The van der Waals surface area contributed by atoms with Crippen molar-refractivity contribution in [3.05, 3.63) is 29.8 Å². The van der Waals surface area contributed by atoms with Gasteiger partial charge in [-0.25, -0.2) is 4.79 Å². The molecule has 1 aliphatic heterocycles. The van der Waals surface area contributed by atoms with Gasteiger partial charge in [-0.3, -0.25) is 9.59 Å². The number of carbonyl (C=O) groups excluding carboxylic acids is 3. The lowest BCUT2D eigenvalue weighted by atomic mass is 10.1. The topological polar surface area (TPSA) is 89.7 Å². The standard InChI is InChI=1S/C14H16N2O4/c1-2-20-14(19)9-4-3-5-11(6-9)16-8-10(13(15)18)7-12(16)17/h3-6,10H,2,7-8H2,1H3,(H2,15,18). The van der Waals surface area contributed by atoms with E-state index in [0.29, 0.717) is 11.3 Å². The summed E-state index contributed by atoms with van der Waals surface area (Å²) in [5, 5.41) is 0. The van der Waals surface area contributed by atoms with Crippen LogP contribution in [-0.2, 0) is 14.3 Å². The van der Waals surface area contributed by atoms with Crippen molar-refractivity contribution in [2.24, 2.45) is 11.7 Å². The lowest BCUT2D eigenvalue weighted by molar-refractivity contribution is -0.123. The second kappa shape index (κ2) is 5.73. The van der Waals surface area contributed by atoms with Crippen molar-refractivity contribution in [3.63, 3.8) is 0 Å². The summed E-state index contributed by atoms with van der Waals surface area (Å²) in [7, 11) is 0. The second-order valence-corrected chi connectivity index (χ2v) is 4.58. The Morgan fingerprint density at radius 1 is 1.45 bits per heavy atom. The first kappa shape index (κ1) is 14.0. The molecule has 20 heavy (non-hydrogen) atoms. The predicted molar refractivity (Wildman–Crippen MR) is 72.1 cm³/mol. The summed E-state index contributed by atoms with van der Waals surface area (Å²) in [5.74, 6) is -1.57. The second-order valence-electron chi connectivity index (χ2n) is 4.58. The fraction of sp³-hybridized carbons (Fsp3) is 0.357. The molecule has 1 atom stereocenters. The molecule has 1 heterocycles. The monoisotopic (exact) mass is 276 g/mol. The molecule has 2 N–H and O–H groups in total. The van der Waals surface area contributed by atoms with Gasteiger partial charge in [0.25, 0.3) is 0 Å². The molecule has 0 spiro atoms. The van der Waals surface area contributed by atoms with Gasteiger partial charge in [0.15, 0.2) is 0 Å². The Morgan fingerprint density at radius 2 is 2.20 bits per heavy atom. The van der Waals surface area contributed by atoms with E-state index < -0.39 is 17.8 Å². The summed E-state index contributed by atoms with van der Waals surface area (Å²) >= 11 is 0. The fourth-order valence-electron chi connectivity index (χ4n) is 2.16. The fourth-order valence-corrected chi connectivity index (χ4v) is 2.16. The van der Waals surface area contributed by atoms with E-state index in [1.165, 1.54) is 4.90 Å². The smallest absolute Gasteiger partial charge is 0.338 e. The van der Waals surface area contributed by atoms with Crippen LogP contribution in [0.4, 0.5) is 5.69 Å². The summed E-state index contributed by atoms with van der Waals surface area (Å²) < 4.78 is 4.92. The first-order chi connectivity index (χ1) is 9.52. The Morgan fingerprint density at radius 3 is 2.80 bits per heavy atom. The maximum Gasteiger partial charge on any atom is 0.338 e. The van der Waals surface area contributed by atoms with Gasteiger partial charge in [-0.2, -0.15) is 0 Å². The Balaban J connectivity index is 2.21. The van der Waals surface area contributed by atoms with Crippen molar-refractivity contribution in [2.45, 2.75) is 13.3 Å². The highest BCUT2D eigenvalue weighted by Gasteiger charge is 2.34. The van der Waals surface area contributed by atoms with Gasteiger partial charge in [-0.05, 0) is 25.1 Å². The largest absolute Gasteiger partial charge is 0.462 e. The molecule has 0 bridgehead atoms. The number of hydrogen-bond acceptors (Lipinski definition) is 4. The van der Waals surface area contributed by atoms with Crippen LogP contribution in [-0.4, -0.2) is 30.9 Å². The third kappa shape index (κ3) is 2.79. The summed E-state index contributed by atoms with van der Waals surface area (Å²) in [4.78, 5) is 36.2. The van der Waals surface area contributed by atoms with E-state index in [1.807, 2.05) is 0 Å². The van der Waals surface area contributed by atoms with Crippen molar-refractivity contribution in [2.75, 3.05) is 18.1 Å². The van der Waals surface area contributed by atoms with Crippen LogP contribution in [0.3, 0.4) is 0 Å². The average molecular weight is 276 g/mol. The highest BCUT2D eigenvalue weighted by molar-refractivity contribution is 6.01. The van der Waals surface area contributed by atoms with Gasteiger partial charge in [0.05, 0.1) is 18.1 Å². The van der Waals surface area contributed by atoms with Crippen LogP contribution in [0.2, 0.25) is 0 Å². The van der Waals surface area contributed by atoms with Gasteiger partial charge in [0, 0.05) is 18.7 Å². The Hall–Kier alpha value is -2.37. The van der Waals surface area contributed by atoms with E-state index in [0.717, 1.165) is 0 Å². The third-order valence-electron chi connectivity index (χ3n) is 3.20. The quantitative estimate of drug-likeness (QED) is 0.820. The molecule has 106 valence electrons. The number of rotatable bonds is 4. The number of ether oxygens (including phenoxy) is 1. The van der Waals surface area contributed by atoms with Gasteiger partial charge >= 0.3 is 5.97 Å². The molecule has 0 radical (unpaired) electrons. The number of carbonyl (C=O) groups is 3. The zero-order valence-corrected chi connectivity index (χ0v) is 11.2. The molecule has 1 aromatic rings. The molecule has 1 unspecified atom stereocenters. The van der Waals surface area contributed by atoms with Gasteiger partial charge < -0.3 is 15.4 Å². The molecule has 0 saturated carbocycles. The first-order valence-corrected chi connectivity index (χ1v) is 6.39. The molecule has 1 aromatic carbocycles. The van der Waals surface area contributed by atoms with Crippen LogP contribution in [0.1, 0.15) is 23.7 Å². The molecule has 1 aliphatic rings. The number of esters is 1. The van der Waals surface area contributed by atoms with Crippen LogP contribution >= 0.6 is 0 Å². The number of nitrogens with two attached hydrogens (primary N) is 1. The molecule has 2 amide bonds. The van der Waals surface area contributed by atoms with Gasteiger partial charge in [-0.15, -0.1) is 0 Å². The lowest BCUT2D eigenvalue weighted by Gasteiger charge is -2.17. The van der Waals surface area contributed by atoms with Crippen LogP contribution in [0, 0.1) is 5.92 Å². The van der Waals surface area contributed by atoms with E-state index in [9.17, 15) is 14.4 Å². The summed E-state index contributed by atoms with van der Waals surface area (Å²) in [6, 6.07) is 6.59. The number of hydrogen-bond donors (Lipinski definition) is 1. The van der Waals surface area contributed by atoms with Crippen LogP contribution in [0.25, 0.3) is 0 Å². The molecule has 1 saturated heterocycles. The zero-order valence-electron chi connectivity index (χ0n) is 11.2. The minimum absolute atomic E-state index is 0.110. The predicted octanol–water partition coefficient (Wildman–Crippen LogP) is 0.701. The molecule has 0 aromatic heterocycles. The van der Waals surface area contributed by atoms with Crippen molar-refractivity contribution >= 4 is 23.5 Å². The van der Waals surface area contributed by atoms with Crippen LogP contribution < -0.4 is 10.6 Å². The molecule has 0 aliphatic carbocycles. The molecule has 2 rings (SSSR count). The van der Waals surface area contributed by atoms with Gasteiger partial charge in [-0.1, -0.05) is 6.07 Å². The van der Waals surface area contributed by atoms with Crippen molar-refractivity contribution in [1.82, 2.24) is 0 Å². The maximum absolute atomic E-state index is 11.9. The zero-order chi connectivity index (χ0) is 14.7. The number of amides is 2. The number of nitrogens with zero attached hydrogens (tertiary/aromatic N) is 1. The normalized spacial score (nSPS) is 18.1. The molecular formula is C14H16N2O4. The third-order valence-corrected chi connectivity index (χ3v) is 3.20. The van der Waals surface area contributed by atoms with Crippen molar-refractivity contribution < 1.29 is 19.1 Å². The summed E-state index contributed by atoms with van der Waals surface area (Å²) in [6.45, 7) is 2.26. The number of primary amides is 1. The van der Waals surface area contributed by atoms with Crippen LogP contribution in [0.5, 0.6) is 0 Å². The molecular weight excluding hydrogens is 260 g/mol. The van der Waals surface area contributed by atoms with E-state index in [1.54, 1.807) is 31.2 Å². The van der Waals surface area contributed by atoms with E-state index in [2.05, 4.69) is 0 Å². The van der Waals surface area contributed by atoms with Crippen molar-refractivity contribution in [1.29, 1.82) is 0 Å². The molecule has 1 fully saturated rings. The van der Waals surface area contributed by atoms with Gasteiger partial charge in [0.1, 0.15) is 0 Å². The number of benzene rings is 1. The summed E-state index contributed by atoms with van der Waals surface area (Å²) in [5.41, 5.74) is 6.17. The molecule has 6 nitrogen and oxygen atoms in total. The summed E-state index contributed by atoms with van der Waals surface area (Å²) in [6.07, 6.45) is 0.110. The average Bonchev–Trinajstić information content (AvgIpc) is 2.81. The Labute approximate surface area is 116 Å². The van der Waals surface area contributed by atoms with Gasteiger partial charge in [0.2, 0.25) is 11.8 Å². The van der Waals surface area contributed by atoms with Crippen molar-refractivity contribution in [3.8, 4) is 0 Å². The highest BCUT2D eigenvalue weighted by Crippen LogP contribution is 2.25. The SMILES string of the molecule is CCOC(=O)c1cccc(N2CC(C(N)=O)CC2=O)c1. The first-order valence-electron chi connectivity index (χ1n) is 6.39. The Kier molecular flexibility index (Phi) is 4.02. The Bertz CT molecular complexity index is 556. The minimum atomic E-state index is -0.484. The minimum Gasteiger partial charge on any atom is -0.462 e. The molecule has 6 heteroatoms. The number of anilines is 1. The van der Waals surface area contributed by atoms with E-state index in [-0.39, 0.29) is 25.5 Å².